The summed E-state index contributed by atoms with van der Waals surface area (Å²) in [7, 11) is 0. The number of imidazole rings is 1. The van der Waals surface area contributed by atoms with Crippen LogP contribution >= 0.6 is 11.3 Å². The summed E-state index contributed by atoms with van der Waals surface area (Å²) in [5.41, 5.74) is 4.86. The van der Waals surface area contributed by atoms with Gasteiger partial charge in [0.15, 0.2) is 0 Å². The number of H-pyrrole nitrogens is 1. The predicted molar refractivity (Wildman–Crippen MR) is 115 cm³/mol. The number of fused-ring (bicyclic) bond motifs is 2. The summed E-state index contributed by atoms with van der Waals surface area (Å²) in [4.78, 5) is 22.2. The maximum Gasteiger partial charge on any atom is 0.229 e. The number of carbonyl (C=O) groups is 1. The van der Waals surface area contributed by atoms with Gasteiger partial charge >= 0.3 is 0 Å². The number of halogens is 1. The molecule has 4 aromatic rings. The van der Waals surface area contributed by atoms with Gasteiger partial charge in [-0.25, -0.2) is 9.37 Å². The van der Waals surface area contributed by atoms with Gasteiger partial charge in [0.2, 0.25) is 5.91 Å². The minimum Gasteiger partial charge on any atom is -0.338 e. The van der Waals surface area contributed by atoms with E-state index in [0.29, 0.717) is 5.56 Å². The molecule has 0 radical (unpaired) electrons. The fourth-order valence-corrected chi connectivity index (χ4v) is 5.29. The molecular weight excluding hydrogens is 385 g/mol. The molecule has 5 rings (SSSR count). The fraction of sp³-hybridized carbons (Fsp3) is 0.217. The van der Waals surface area contributed by atoms with E-state index in [-0.39, 0.29) is 18.1 Å². The molecule has 0 unspecified atom stereocenters. The van der Waals surface area contributed by atoms with Crippen molar-refractivity contribution in [1.82, 2.24) is 9.97 Å². The summed E-state index contributed by atoms with van der Waals surface area (Å²) < 4.78 is 13.4. The molecule has 0 saturated carbocycles. The van der Waals surface area contributed by atoms with E-state index >= 15 is 0 Å². The molecule has 146 valence electrons. The second-order valence-corrected chi connectivity index (χ2v) is 8.48. The van der Waals surface area contributed by atoms with Crippen molar-refractivity contribution in [3.63, 3.8) is 0 Å². The molecule has 2 heterocycles. The number of benzene rings is 2. The van der Waals surface area contributed by atoms with Crippen LogP contribution in [0.25, 0.3) is 22.4 Å². The van der Waals surface area contributed by atoms with Gasteiger partial charge in [-0.05, 0) is 61.1 Å². The number of thiophene rings is 1. The molecule has 6 heteroatoms. The third kappa shape index (κ3) is 3.56. The number of anilines is 1. The number of rotatable bonds is 4. The lowest BCUT2D eigenvalue weighted by molar-refractivity contribution is -0.115. The van der Waals surface area contributed by atoms with Crippen molar-refractivity contribution >= 4 is 33.3 Å². The highest BCUT2D eigenvalue weighted by Crippen LogP contribution is 2.43. The highest BCUT2D eigenvalue weighted by atomic mass is 32.1. The normalized spacial score (nSPS) is 13.4. The molecule has 0 fully saturated rings. The van der Waals surface area contributed by atoms with E-state index < -0.39 is 0 Å². The quantitative estimate of drug-likeness (QED) is 0.472. The van der Waals surface area contributed by atoms with Crippen molar-refractivity contribution < 1.29 is 9.18 Å². The third-order valence-electron chi connectivity index (χ3n) is 5.30. The number of aromatic nitrogens is 2. The molecule has 0 atom stereocenters. The van der Waals surface area contributed by atoms with E-state index in [1.165, 1.54) is 29.0 Å². The van der Waals surface area contributed by atoms with Crippen LogP contribution in [0.3, 0.4) is 0 Å². The molecule has 0 bridgehead atoms. The Balaban J connectivity index is 1.51. The van der Waals surface area contributed by atoms with E-state index in [1.54, 1.807) is 23.5 Å². The van der Waals surface area contributed by atoms with Crippen LogP contribution in [0.15, 0.2) is 48.5 Å². The SMILES string of the molecule is O=C(Cc1cccc(F)c1)Nc1sc2c(c1-c1nc3ccccc3[nH]1)CCCC2. The van der Waals surface area contributed by atoms with Crippen molar-refractivity contribution in [3.8, 4) is 11.4 Å². The van der Waals surface area contributed by atoms with Crippen LogP contribution < -0.4 is 5.32 Å². The summed E-state index contributed by atoms with van der Waals surface area (Å²) in [5.74, 6) is 0.322. The zero-order chi connectivity index (χ0) is 19.8. The second-order valence-electron chi connectivity index (χ2n) is 7.37. The van der Waals surface area contributed by atoms with Crippen LogP contribution in [-0.4, -0.2) is 15.9 Å². The lowest BCUT2D eigenvalue weighted by atomic mass is 9.95. The molecule has 0 aliphatic heterocycles. The van der Waals surface area contributed by atoms with Crippen molar-refractivity contribution in [2.24, 2.45) is 0 Å². The Kier molecular flexibility index (Phi) is 4.64. The summed E-state index contributed by atoms with van der Waals surface area (Å²) in [6.45, 7) is 0. The van der Waals surface area contributed by atoms with E-state index in [0.717, 1.165) is 46.7 Å². The van der Waals surface area contributed by atoms with Gasteiger partial charge in [-0.2, -0.15) is 0 Å². The number of aromatic amines is 1. The first-order chi connectivity index (χ1) is 14.2. The Bertz CT molecular complexity index is 1180. The molecule has 2 aromatic carbocycles. The average molecular weight is 405 g/mol. The van der Waals surface area contributed by atoms with Crippen molar-refractivity contribution in [2.75, 3.05) is 5.32 Å². The minimum absolute atomic E-state index is 0.139. The Hall–Kier alpha value is -2.99. The topological polar surface area (TPSA) is 57.8 Å². The molecular formula is C23H20FN3OS. The smallest absolute Gasteiger partial charge is 0.229 e. The first-order valence-corrected chi connectivity index (χ1v) is 10.6. The molecule has 2 aromatic heterocycles. The Morgan fingerprint density at radius 3 is 2.86 bits per heavy atom. The zero-order valence-electron chi connectivity index (χ0n) is 15.8. The van der Waals surface area contributed by atoms with Gasteiger partial charge in [-0.1, -0.05) is 24.3 Å². The molecule has 0 spiro atoms. The Labute approximate surface area is 171 Å². The van der Waals surface area contributed by atoms with Crippen LogP contribution in [0.4, 0.5) is 9.39 Å². The molecule has 2 N–H and O–H groups in total. The fourth-order valence-electron chi connectivity index (χ4n) is 3.98. The monoisotopic (exact) mass is 405 g/mol. The summed E-state index contributed by atoms with van der Waals surface area (Å²) in [6.07, 6.45) is 4.49. The summed E-state index contributed by atoms with van der Waals surface area (Å²) >= 11 is 1.64. The first-order valence-electron chi connectivity index (χ1n) is 9.81. The molecule has 29 heavy (non-hydrogen) atoms. The number of nitrogens with zero attached hydrogens (tertiary/aromatic N) is 1. The lowest BCUT2D eigenvalue weighted by Gasteiger charge is -2.12. The predicted octanol–water partition coefficient (Wildman–Crippen LogP) is 5.49. The van der Waals surface area contributed by atoms with Crippen molar-refractivity contribution in [2.45, 2.75) is 32.1 Å². The van der Waals surface area contributed by atoms with Crippen molar-refractivity contribution in [1.29, 1.82) is 0 Å². The number of hydrogen-bond donors (Lipinski definition) is 2. The van der Waals surface area contributed by atoms with E-state index in [1.807, 2.05) is 24.3 Å². The van der Waals surface area contributed by atoms with Gasteiger partial charge in [0.1, 0.15) is 16.6 Å². The van der Waals surface area contributed by atoms with Crippen molar-refractivity contribution in [3.05, 3.63) is 70.4 Å². The van der Waals surface area contributed by atoms with Crippen LogP contribution in [0.2, 0.25) is 0 Å². The first kappa shape index (κ1) is 18.1. The van der Waals surface area contributed by atoms with Crippen LogP contribution in [0.5, 0.6) is 0 Å². The summed E-state index contributed by atoms with van der Waals surface area (Å²) in [5, 5.41) is 3.91. The maximum atomic E-state index is 13.4. The van der Waals surface area contributed by atoms with Gasteiger partial charge in [0.05, 0.1) is 23.0 Å². The Morgan fingerprint density at radius 1 is 1.14 bits per heavy atom. The number of amides is 1. The van der Waals surface area contributed by atoms with Crippen LogP contribution in [-0.2, 0) is 24.1 Å². The number of aryl methyl sites for hydroxylation is 1. The highest BCUT2D eigenvalue weighted by Gasteiger charge is 2.25. The second kappa shape index (κ2) is 7.44. The zero-order valence-corrected chi connectivity index (χ0v) is 16.6. The van der Waals surface area contributed by atoms with Gasteiger partial charge in [0, 0.05) is 4.88 Å². The standard InChI is InChI=1S/C23H20FN3OS/c24-15-7-5-6-14(12-15)13-20(28)27-23-21(16-8-1-4-11-19(16)29-23)22-25-17-9-2-3-10-18(17)26-22/h2-3,5-7,9-10,12H,1,4,8,11,13H2,(H,25,26)(H,27,28). The van der Waals surface area contributed by atoms with Crippen LogP contribution in [0, 0.1) is 5.82 Å². The van der Waals surface area contributed by atoms with E-state index in [2.05, 4.69) is 10.3 Å². The number of para-hydroxylation sites is 2. The van der Waals surface area contributed by atoms with E-state index in [4.69, 9.17) is 4.98 Å². The average Bonchev–Trinajstić information content (AvgIpc) is 3.28. The molecule has 1 aliphatic rings. The number of nitrogens with one attached hydrogen (secondary N) is 2. The van der Waals surface area contributed by atoms with Gasteiger partial charge in [0.25, 0.3) is 0 Å². The molecule has 4 nitrogen and oxygen atoms in total. The molecule has 1 amide bonds. The summed E-state index contributed by atoms with van der Waals surface area (Å²) in [6, 6.07) is 14.1. The van der Waals surface area contributed by atoms with Crippen LogP contribution in [0.1, 0.15) is 28.8 Å². The van der Waals surface area contributed by atoms with Gasteiger partial charge < -0.3 is 10.3 Å². The van der Waals surface area contributed by atoms with Gasteiger partial charge in [-0.15, -0.1) is 11.3 Å². The maximum absolute atomic E-state index is 13.4. The number of hydrogen-bond acceptors (Lipinski definition) is 3. The molecule has 1 aliphatic carbocycles. The third-order valence-corrected chi connectivity index (χ3v) is 6.51. The Morgan fingerprint density at radius 2 is 2.00 bits per heavy atom. The van der Waals surface area contributed by atoms with Gasteiger partial charge in [-0.3, -0.25) is 4.79 Å². The number of carbonyl (C=O) groups excluding carboxylic acids is 1. The molecule has 0 saturated heterocycles. The largest absolute Gasteiger partial charge is 0.338 e. The van der Waals surface area contributed by atoms with E-state index in [9.17, 15) is 9.18 Å². The highest BCUT2D eigenvalue weighted by molar-refractivity contribution is 7.17. The lowest BCUT2D eigenvalue weighted by Crippen LogP contribution is -2.14. The minimum atomic E-state index is -0.329.